The molecule has 1 unspecified atom stereocenters. The third-order valence-electron chi connectivity index (χ3n) is 0.966. The van der Waals surface area contributed by atoms with Gasteiger partial charge >= 0.3 is 0 Å². The van der Waals surface area contributed by atoms with Crippen molar-refractivity contribution in [2.45, 2.75) is 19.5 Å². The smallest absolute Gasteiger partial charge is 0.138 e. The Morgan fingerprint density at radius 3 is 2.89 bits per heavy atom. The highest BCUT2D eigenvalue weighted by atomic mass is 15.0. The maximum Gasteiger partial charge on any atom is 0.138 e. The molecule has 2 nitrogen and oxygen atoms in total. The van der Waals surface area contributed by atoms with E-state index in [1.807, 2.05) is 6.92 Å². The molecule has 0 radical (unpaired) electrons. The van der Waals surface area contributed by atoms with Crippen molar-refractivity contribution in [3.05, 3.63) is 12.3 Å². The lowest BCUT2D eigenvalue weighted by molar-refractivity contribution is 0.698. The Morgan fingerprint density at radius 2 is 2.56 bits per heavy atom. The Balaban J connectivity index is 3.50. The first-order valence-electron chi connectivity index (χ1n) is 2.86. The van der Waals surface area contributed by atoms with Crippen LogP contribution < -0.4 is 11.1 Å². The number of hydrogen-bond donors (Lipinski definition) is 2. The van der Waals surface area contributed by atoms with E-state index in [1.54, 1.807) is 0 Å². The van der Waals surface area contributed by atoms with E-state index in [-0.39, 0.29) is 0 Å². The summed E-state index contributed by atoms with van der Waals surface area (Å²) in [5, 5.41) is 2.83. The summed E-state index contributed by atoms with van der Waals surface area (Å²) in [6.45, 7) is 5.66. The number of nitrogens with two attached hydrogens (primary N) is 1. The van der Waals surface area contributed by atoms with E-state index in [4.69, 9.17) is 12.2 Å². The SMILES string of the molecule is C#CC(N)NC(=C)CC. The maximum atomic E-state index is 5.34. The van der Waals surface area contributed by atoms with Gasteiger partial charge < -0.3 is 11.1 Å². The Hall–Kier alpha value is -0.940. The first-order chi connectivity index (χ1) is 4.20. The van der Waals surface area contributed by atoms with Crippen molar-refractivity contribution in [2.24, 2.45) is 5.73 Å². The lowest BCUT2D eigenvalue weighted by Crippen LogP contribution is -2.34. The average molecular weight is 124 g/mol. The summed E-state index contributed by atoms with van der Waals surface area (Å²) in [6, 6.07) is 0. The zero-order valence-electron chi connectivity index (χ0n) is 5.65. The fourth-order valence-electron chi connectivity index (χ4n) is 0.364. The quantitative estimate of drug-likeness (QED) is 0.422. The van der Waals surface area contributed by atoms with E-state index in [0.717, 1.165) is 12.1 Å². The van der Waals surface area contributed by atoms with Gasteiger partial charge in [-0.2, -0.15) is 0 Å². The first kappa shape index (κ1) is 8.06. The van der Waals surface area contributed by atoms with Crippen molar-refractivity contribution in [1.82, 2.24) is 5.32 Å². The highest BCUT2D eigenvalue weighted by molar-refractivity contribution is 5.02. The molecule has 0 saturated heterocycles. The molecule has 0 aromatic rings. The molecule has 0 rings (SSSR count). The third-order valence-corrected chi connectivity index (χ3v) is 0.966. The highest BCUT2D eigenvalue weighted by Crippen LogP contribution is 1.89. The van der Waals surface area contributed by atoms with Gasteiger partial charge in [0.15, 0.2) is 0 Å². The number of terminal acetylenes is 1. The molecule has 1 atom stereocenters. The molecule has 9 heavy (non-hydrogen) atoms. The second-order valence-electron chi connectivity index (χ2n) is 1.75. The molecule has 0 bridgehead atoms. The van der Waals surface area contributed by atoms with Crippen LogP contribution >= 0.6 is 0 Å². The van der Waals surface area contributed by atoms with Crippen LogP contribution in [0.3, 0.4) is 0 Å². The van der Waals surface area contributed by atoms with Gasteiger partial charge in [0, 0.05) is 5.70 Å². The normalized spacial score (nSPS) is 11.7. The van der Waals surface area contributed by atoms with Crippen LogP contribution in [0, 0.1) is 12.3 Å². The van der Waals surface area contributed by atoms with Gasteiger partial charge in [0.2, 0.25) is 0 Å². The van der Waals surface area contributed by atoms with E-state index in [0.29, 0.717) is 0 Å². The summed E-state index contributed by atoms with van der Waals surface area (Å²) in [5.74, 6) is 2.34. The summed E-state index contributed by atoms with van der Waals surface area (Å²) in [6.07, 6.45) is 5.46. The molecule has 0 amide bonds. The predicted molar refractivity (Wildman–Crippen MR) is 39.4 cm³/mol. The van der Waals surface area contributed by atoms with E-state index in [1.165, 1.54) is 0 Å². The van der Waals surface area contributed by atoms with Crippen LogP contribution in [0.4, 0.5) is 0 Å². The predicted octanol–water partition coefficient (Wildman–Crippen LogP) is 0.418. The van der Waals surface area contributed by atoms with Crippen LogP contribution in [0.1, 0.15) is 13.3 Å². The van der Waals surface area contributed by atoms with Crippen molar-refractivity contribution in [3.8, 4) is 12.3 Å². The molecule has 0 spiro atoms. The van der Waals surface area contributed by atoms with E-state index < -0.39 is 6.17 Å². The largest absolute Gasteiger partial charge is 0.364 e. The zero-order valence-corrected chi connectivity index (χ0v) is 5.65. The summed E-state index contributed by atoms with van der Waals surface area (Å²) in [4.78, 5) is 0. The van der Waals surface area contributed by atoms with Crippen molar-refractivity contribution in [2.75, 3.05) is 0 Å². The Kier molecular flexibility index (Phi) is 3.57. The van der Waals surface area contributed by atoms with Crippen LogP contribution in [0.5, 0.6) is 0 Å². The second kappa shape index (κ2) is 3.99. The van der Waals surface area contributed by atoms with Crippen molar-refractivity contribution in [3.63, 3.8) is 0 Å². The Morgan fingerprint density at radius 1 is 2.00 bits per heavy atom. The zero-order chi connectivity index (χ0) is 7.28. The average Bonchev–Trinajstić information content (AvgIpc) is 1.87. The number of allylic oxidation sites excluding steroid dienone is 1. The van der Waals surface area contributed by atoms with Crippen LogP contribution in [-0.2, 0) is 0 Å². The minimum Gasteiger partial charge on any atom is -0.364 e. The molecular weight excluding hydrogens is 112 g/mol. The molecule has 0 heterocycles. The van der Waals surface area contributed by atoms with Crippen LogP contribution in [0.15, 0.2) is 12.3 Å². The van der Waals surface area contributed by atoms with E-state index in [9.17, 15) is 0 Å². The van der Waals surface area contributed by atoms with Crippen LogP contribution in [-0.4, -0.2) is 6.17 Å². The van der Waals surface area contributed by atoms with Gasteiger partial charge in [0.1, 0.15) is 6.17 Å². The van der Waals surface area contributed by atoms with Gasteiger partial charge in [-0.1, -0.05) is 19.4 Å². The van der Waals surface area contributed by atoms with Crippen LogP contribution in [0.25, 0.3) is 0 Å². The molecule has 2 heteroatoms. The van der Waals surface area contributed by atoms with Crippen molar-refractivity contribution in [1.29, 1.82) is 0 Å². The van der Waals surface area contributed by atoms with Gasteiger partial charge in [-0.15, -0.1) is 6.42 Å². The molecule has 0 aliphatic heterocycles. The monoisotopic (exact) mass is 124 g/mol. The van der Waals surface area contributed by atoms with Crippen molar-refractivity contribution < 1.29 is 0 Å². The third kappa shape index (κ3) is 3.63. The molecule has 0 saturated carbocycles. The number of nitrogens with one attached hydrogen (secondary N) is 1. The van der Waals surface area contributed by atoms with Gasteiger partial charge in [0.25, 0.3) is 0 Å². The summed E-state index contributed by atoms with van der Waals surface area (Å²) < 4.78 is 0. The minimum absolute atomic E-state index is 0.391. The topological polar surface area (TPSA) is 38.0 Å². The molecule has 50 valence electrons. The molecule has 0 aromatic heterocycles. The summed E-state index contributed by atoms with van der Waals surface area (Å²) in [7, 11) is 0. The summed E-state index contributed by atoms with van der Waals surface area (Å²) in [5.41, 5.74) is 6.22. The van der Waals surface area contributed by atoms with Gasteiger partial charge in [-0.05, 0) is 6.42 Å². The lowest BCUT2D eigenvalue weighted by atomic mass is 10.3. The van der Waals surface area contributed by atoms with Gasteiger partial charge in [0.05, 0.1) is 0 Å². The molecule has 0 aliphatic carbocycles. The highest BCUT2D eigenvalue weighted by Gasteiger charge is 1.93. The fourth-order valence-corrected chi connectivity index (χ4v) is 0.364. The summed E-state index contributed by atoms with van der Waals surface area (Å²) >= 11 is 0. The Labute approximate surface area is 56.1 Å². The fraction of sp³-hybridized carbons (Fsp3) is 0.429. The van der Waals surface area contributed by atoms with E-state index in [2.05, 4.69) is 17.8 Å². The first-order valence-corrected chi connectivity index (χ1v) is 2.86. The van der Waals surface area contributed by atoms with Gasteiger partial charge in [-0.3, -0.25) is 0 Å². The molecular formula is C7H12N2. The number of hydrogen-bond acceptors (Lipinski definition) is 2. The molecule has 0 fully saturated rings. The second-order valence-corrected chi connectivity index (χ2v) is 1.75. The Bertz CT molecular complexity index is 132. The standard InChI is InChI=1S/C7H12N2/c1-4-6(3)9-7(8)5-2/h2,7,9H,3-4,8H2,1H3. The van der Waals surface area contributed by atoms with Crippen molar-refractivity contribution >= 4 is 0 Å². The number of rotatable bonds is 3. The van der Waals surface area contributed by atoms with Gasteiger partial charge in [-0.25, -0.2) is 0 Å². The minimum atomic E-state index is -0.391. The molecule has 0 aromatic carbocycles. The lowest BCUT2D eigenvalue weighted by Gasteiger charge is -2.08. The maximum absolute atomic E-state index is 5.34. The molecule has 3 N–H and O–H groups in total. The van der Waals surface area contributed by atoms with E-state index >= 15 is 0 Å². The molecule has 0 aliphatic rings. The van der Waals surface area contributed by atoms with Crippen LogP contribution in [0.2, 0.25) is 0 Å².